The summed E-state index contributed by atoms with van der Waals surface area (Å²) in [5, 5.41) is 3.23. The first-order valence-corrected chi connectivity index (χ1v) is 5.05. The van der Waals surface area contributed by atoms with E-state index >= 15 is 0 Å². The Morgan fingerprint density at radius 3 is 2.85 bits per heavy atom. The molecule has 3 heteroatoms. The zero-order valence-electron chi connectivity index (χ0n) is 7.76. The van der Waals surface area contributed by atoms with Crippen LogP contribution in [-0.4, -0.2) is 25.9 Å². The minimum absolute atomic E-state index is 0.172. The third-order valence-corrected chi connectivity index (χ3v) is 2.80. The Bertz CT molecular complexity index is 199. The lowest BCUT2D eigenvalue weighted by Crippen LogP contribution is -2.33. The van der Waals surface area contributed by atoms with E-state index in [9.17, 15) is 4.39 Å². The van der Waals surface area contributed by atoms with E-state index < -0.39 is 6.17 Å². The quantitative estimate of drug-likeness (QED) is 0.706. The zero-order chi connectivity index (χ0) is 9.10. The van der Waals surface area contributed by atoms with Gasteiger partial charge < -0.3 is 10.1 Å². The van der Waals surface area contributed by atoms with Gasteiger partial charge >= 0.3 is 0 Å². The van der Waals surface area contributed by atoms with Gasteiger partial charge in [-0.3, -0.25) is 0 Å². The second-order valence-corrected chi connectivity index (χ2v) is 3.73. The molecule has 0 aliphatic carbocycles. The van der Waals surface area contributed by atoms with Crippen LogP contribution >= 0.6 is 0 Å². The molecule has 0 aromatic heterocycles. The van der Waals surface area contributed by atoms with Gasteiger partial charge in [0.05, 0.1) is 6.61 Å². The SMILES string of the molecule is FC(C1=CCCO1)C1CCNCC1. The Labute approximate surface area is 78.2 Å². The monoisotopic (exact) mass is 185 g/mol. The second kappa shape index (κ2) is 4.09. The molecule has 13 heavy (non-hydrogen) atoms. The van der Waals surface area contributed by atoms with E-state index in [1.165, 1.54) is 0 Å². The number of piperidine rings is 1. The molecule has 0 saturated carbocycles. The highest BCUT2D eigenvalue weighted by atomic mass is 19.1. The molecule has 1 unspecified atom stereocenters. The Morgan fingerprint density at radius 2 is 2.23 bits per heavy atom. The molecule has 0 aromatic rings. The summed E-state index contributed by atoms with van der Waals surface area (Å²) >= 11 is 0. The summed E-state index contributed by atoms with van der Waals surface area (Å²) in [5.41, 5.74) is 0. The molecule has 0 bridgehead atoms. The van der Waals surface area contributed by atoms with Crippen molar-refractivity contribution in [2.75, 3.05) is 19.7 Å². The third-order valence-electron chi connectivity index (χ3n) is 2.80. The summed E-state index contributed by atoms with van der Waals surface area (Å²) in [6.07, 6.45) is 3.78. The first-order valence-electron chi connectivity index (χ1n) is 5.05. The van der Waals surface area contributed by atoms with Crippen molar-refractivity contribution >= 4 is 0 Å². The van der Waals surface area contributed by atoms with Gasteiger partial charge in [0.15, 0.2) is 6.17 Å². The van der Waals surface area contributed by atoms with Crippen molar-refractivity contribution in [3.8, 4) is 0 Å². The Morgan fingerprint density at radius 1 is 1.46 bits per heavy atom. The molecular weight excluding hydrogens is 169 g/mol. The first kappa shape index (κ1) is 9.00. The number of allylic oxidation sites excluding steroid dienone is 1. The van der Waals surface area contributed by atoms with Crippen LogP contribution in [0.25, 0.3) is 0 Å². The van der Waals surface area contributed by atoms with Gasteiger partial charge in [-0.15, -0.1) is 0 Å². The number of halogens is 1. The fourth-order valence-electron chi connectivity index (χ4n) is 2.00. The molecule has 2 rings (SSSR count). The number of ether oxygens (including phenoxy) is 1. The average Bonchev–Trinajstić information content (AvgIpc) is 2.71. The maximum atomic E-state index is 13.8. The van der Waals surface area contributed by atoms with Gasteiger partial charge in [0.2, 0.25) is 0 Å². The smallest absolute Gasteiger partial charge is 0.159 e. The molecule has 74 valence electrons. The average molecular weight is 185 g/mol. The number of hydrogen-bond donors (Lipinski definition) is 1. The van der Waals surface area contributed by atoms with Crippen LogP contribution in [0.3, 0.4) is 0 Å². The molecule has 2 aliphatic rings. The van der Waals surface area contributed by atoms with Crippen LogP contribution < -0.4 is 5.32 Å². The van der Waals surface area contributed by atoms with Crippen LogP contribution in [0, 0.1) is 5.92 Å². The van der Waals surface area contributed by atoms with Crippen molar-refractivity contribution in [2.45, 2.75) is 25.4 Å². The van der Waals surface area contributed by atoms with Gasteiger partial charge in [-0.2, -0.15) is 0 Å². The molecule has 0 radical (unpaired) electrons. The standard InChI is InChI=1S/C10H16FNO/c11-10(9-2-1-7-13-9)8-3-5-12-6-4-8/h2,8,10,12H,1,3-7H2. The van der Waals surface area contributed by atoms with E-state index in [2.05, 4.69) is 5.32 Å². The maximum absolute atomic E-state index is 13.8. The Hall–Kier alpha value is -0.570. The zero-order valence-corrected chi connectivity index (χ0v) is 7.76. The molecule has 0 amide bonds. The largest absolute Gasteiger partial charge is 0.495 e. The lowest BCUT2D eigenvalue weighted by atomic mass is 9.92. The van der Waals surface area contributed by atoms with Crippen molar-refractivity contribution in [2.24, 2.45) is 5.92 Å². The van der Waals surface area contributed by atoms with Crippen molar-refractivity contribution in [1.82, 2.24) is 5.32 Å². The summed E-state index contributed by atoms with van der Waals surface area (Å²) < 4.78 is 19.0. The predicted molar refractivity (Wildman–Crippen MR) is 49.1 cm³/mol. The van der Waals surface area contributed by atoms with Crippen LogP contribution in [0.2, 0.25) is 0 Å². The lowest BCUT2D eigenvalue weighted by molar-refractivity contribution is 0.128. The van der Waals surface area contributed by atoms with Gasteiger partial charge in [-0.05, 0) is 37.9 Å². The van der Waals surface area contributed by atoms with E-state index in [0.29, 0.717) is 12.4 Å². The lowest BCUT2D eigenvalue weighted by Gasteiger charge is -2.25. The molecule has 1 atom stereocenters. The van der Waals surface area contributed by atoms with Crippen LogP contribution in [0.4, 0.5) is 4.39 Å². The second-order valence-electron chi connectivity index (χ2n) is 3.73. The van der Waals surface area contributed by atoms with E-state index in [0.717, 1.165) is 32.4 Å². The van der Waals surface area contributed by atoms with Gasteiger partial charge in [-0.1, -0.05) is 0 Å². The van der Waals surface area contributed by atoms with Crippen molar-refractivity contribution < 1.29 is 9.13 Å². The van der Waals surface area contributed by atoms with Crippen LogP contribution in [0.5, 0.6) is 0 Å². The summed E-state index contributed by atoms with van der Waals surface area (Å²) in [7, 11) is 0. The molecule has 0 spiro atoms. The highest BCUT2D eigenvalue weighted by molar-refractivity contribution is 5.06. The third kappa shape index (κ3) is 2.02. The summed E-state index contributed by atoms with van der Waals surface area (Å²) in [4.78, 5) is 0. The molecular formula is C10H16FNO. The van der Waals surface area contributed by atoms with Crippen LogP contribution in [0.15, 0.2) is 11.8 Å². The summed E-state index contributed by atoms with van der Waals surface area (Å²) in [6.45, 7) is 2.55. The molecule has 0 aromatic carbocycles. The molecule has 2 nitrogen and oxygen atoms in total. The van der Waals surface area contributed by atoms with Crippen LogP contribution in [-0.2, 0) is 4.74 Å². The number of nitrogens with one attached hydrogen (secondary N) is 1. The topological polar surface area (TPSA) is 21.3 Å². The Balaban J connectivity index is 1.90. The first-order chi connectivity index (χ1) is 6.38. The minimum Gasteiger partial charge on any atom is -0.495 e. The van der Waals surface area contributed by atoms with E-state index in [4.69, 9.17) is 4.74 Å². The van der Waals surface area contributed by atoms with Crippen molar-refractivity contribution in [3.63, 3.8) is 0 Å². The summed E-state index contributed by atoms with van der Waals surface area (Å²) in [5.74, 6) is 0.762. The predicted octanol–water partition coefficient (Wildman–Crippen LogP) is 1.63. The van der Waals surface area contributed by atoms with Gasteiger partial charge in [0.25, 0.3) is 0 Å². The molecule has 2 heterocycles. The van der Waals surface area contributed by atoms with Gasteiger partial charge in [0.1, 0.15) is 5.76 Å². The molecule has 1 saturated heterocycles. The van der Waals surface area contributed by atoms with Crippen molar-refractivity contribution in [3.05, 3.63) is 11.8 Å². The number of hydrogen-bond acceptors (Lipinski definition) is 2. The highest BCUT2D eigenvalue weighted by Crippen LogP contribution is 2.27. The van der Waals surface area contributed by atoms with E-state index in [-0.39, 0.29) is 5.92 Å². The molecule has 1 N–H and O–H groups in total. The minimum atomic E-state index is -0.857. The number of alkyl halides is 1. The van der Waals surface area contributed by atoms with E-state index in [1.807, 2.05) is 6.08 Å². The molecule has 2 aliphatic heterocycles. The fraction of sp³-hybridized carbons (Fsp3) is 0.800. The Kier molecular flexibility index (Phi) is 2.83. The molecule has 1 fully saturated rings. The fourth-order valence-corrected chi connectivity index (χ4v) is 2.00. The van der Waals surface area contributed by atoms with Gasteiger partial charge in [-0.25, -0.2) is 4.39 Å². The summed E-state index contributed by atoms with van der Waals surface area (Å²) in [6, 6.07) is 0. The van der Waals surface area contributed by atoms with Crippen LogP contribution in [0.1, 0.15) is 19.3 Å². The number of rotatable bonds is 2. The highest BCUT2D eigenvalue weighted by Gasteiger charge is 2.28. The van der Waals surface area contributed by atoms with E-state index in [1.54, 1.807) is 0 Å². The van der Waals surface area contributed by atoms with Crippen molar-refractivity contribution in [1.29, 1.82) is 0 Å². The normalized spacial score (nSPS) is 26.7. The maximum Gasteiger partial charge on any atom is 0.159 e. The van der Waals surface area contributed by atoms with Gasteiger partial charge in [0, 0.05) is 6.42 Å².